The van der Waals surface area contributed by atoms with Gasteiger partial charge in [-0.15, -0.1) is 0 Å². The van der Waals surface area contributed by atoms with Crippen LogP contribution in [0.15, 0.2) is 46.9 Å². The minimum Gasteiger partial charge on any atom is -0.495 e. The van der Waals surface area contributed by atoms with Gasteiger partial charge < -0.3 is 15.4 Å². The van der Waals surface area contributed by atoms with Gasteiger partial charge in [-0.3, -0.25) is 14.5 Å². The average Bonchev–Trinajstić information content (AvgIpc) is 2.56. The molecule has 0 aromatic heterocycles. The Hall–Kier alpha value is -2.09. The van der Waals surface area contributed by atoms with E-state index in [1.54, 1.807) is 36.2 Å². The Bertz CT molecular complexity index is 801. The average molecular weight is 441 g/mol. The van der Waals surface area contributed by atoms with E-state index in [0.29, 0.717) is 22.1 Å². The first-order chi connectivity index (χ1) is 12.4. The lowest BCUT2D eigenvalue weighted by molar-refractivity contribution is -0.119. The van der Waals surface area contributed by atoms with E-state index in [2.05, 4.69) is 26.6 Å². The number of anilines is 2. The highest BCUT2D eigenvalue weighted by Crippen LogP contribution is 2.27. The van der Waals surface area contributed by atoms with Crippen molar-refractivity contribution in [1.82, 2.24) is 4.90 Å². The molecule has 0 aliphatic heterocycles. The summed E-state index contributed by atoms with van der Waals surface area (Å²) >= 11 is 9.32. The second-order valence-corrected chi connectivity index (χ2v) is 6.88. The maximum absolute atomic E-state index is 12.2. The lowest BCUT2D eigenvalue weighted by atomic mass is 10.3. The van der Waals surface area contributed by atoms with Crippen LogP contribution >= 0.6 is 27.5 Å². The molecule has 0 spiro atoms. The standard InChI is InChI=1S/C18H19BrClN3O3/c1-23(10-17(24)21-14-6-4-3-5-13(14)19)11-18(25)22-15-9-12(20)7-8-16(15)26-2/h3-9H,10-11H2,1-2H3,(H,21,24)(H,22,25). The van der Waals surface area contributed by atoms with Gasteiger partial charge in [-0.1, -0.05) is 23.7 Å². The third-order valence-electron chi connectivity index (χ3n) is 3.41. The van der Waals surface area contributed by atoms with Crippen LogP contribution in [0.3, 0.4) is 0 Å². The van der Waals surface area contributed by atoms with E-state index in [0.717, 1.165) is 4.47 Å². The van der Waals surface area contributed by atoms with Crippen LogP contribution in [0.25, 0.3) is 0 Å². The number of carbonyl (C=O) groups excluding carboxylic acids is 2. The number of carbonyl (C=O) groups is 2. The predicted molar refractivity (Wildman–Crippen MR) is 107 cm³/mol. The van der Waals surface area contributed by atoms with Gasteiger partial charge in [0, 0.05) is 9.50 Å². The maximum Gasteiger partial charge on any atom is 0.238 e. The van der Waals surface area contributed by atoms with Gasteiger partial charge in [0.15, 0.2) is 0 Å². The zero-order valence-electron chi connectivity index (χ0n) is 14.4. The summed E-state index contributed by atoms with van der Waals surface area (Å²) < 4.78 is 5.99. The predicted octanol–water partition coefficient (Wildman–Crippen LogP) is 3.62. The fraction of sp³-hybridized carbons (Fsp3) is 0.222. The van der Waals surface area contributed by atoms with Crippen LogP contribution in [-0.2, 0) is 9.59 Å². The van der Waals surface area contributed by atoms with Crippen molar-refractivity contribution < 1.29 is 14.3 Å². The number of methoxy groups -OCH3 is 1. The summed E-state index contributed by atoms with van der Waals surface area (Å²) in [6, 6.07) is 12.3. The van der Waals surface area contributed by atoms with Crippen LogP contribution < -0.4 is 15.4 Å². The summed E-state index contributed by atoms with van der Waals surface area (Å²) in [6.45, 7) is 0.112. The first-order valence-corrected chi connectivity index (χ1v) is 8.92. The van der Waals surface area contributed by atoms with Gasteiger partial charge in [0.05, 0.1) is 31.6 Å². The molecule has 0 fully saturated rings. The number of ether oxygens (including phenoxy) is 1. The largest absolute Gasteiger partial charge is 0.495 e. The second-order valence-electron chi connectivity index (χ2n) is 5.59. The molecule has 0 bridgehead atoms. The second kappa shape index (κ2) is 9.56. The van der Waals surface area contributed by atoms with Gasteiger partial charge in [0.2, 0.25) is 11.8 Å². The number of para-hydroxylation sites is 1. The lowest BCUT2D eigenvalue weighted by Crippen LogP contribution is -2.36. The lowest BCUT2D eigenvalue weighted by Gasteiger charge is -2.17. The van der Waals surface area contributed by atoms with Crippen LogP contribution in [0.5, 0.6) is 5.75 Å². The number of hydrogen-bond donors (Lipinski definition) is 2. The molecule has 0 aliphatic rings. The molecule has 6 nitrogen and oxygen atoms in total. The number of rotatable bonds is 7. The molecule has 2 aromatic carbocycles. The molecular weight excluding hydrogens is 422 g/mol. The third-order valence-corrected chi connectivity index (χ3v) is 4.34. The van der Waals surface area contributed by atoms with Gasteiger partial charge in [0.1, 0.15) is 5.75 Å². The smallest absolute Gasteiger partial charge is 0.238 e. The van der Waals surface area contributed by atoms with Crippen molar-refractivity contribution in [3.05, 3.63) is 52.0 Å². The highest BCUT2D eigenvalue weighted by Gasteiger charge is 2.14. The van der Waals surface area contributed by atoms with E-state index in [4.69, 9.17) is 16.3 Å². The van der Waals surface area contributed by atoms with Crippen LogP contribution in [-0.4, -0.2) is 44.0 Å². The minimum absolute atomic E-state index is 0.0407. The summed E-state index contributed by atoms with van der Waals surface area (Å²) in [5, 5.41) is 6.02. The van der Waals surface area contributed by atoms with Crippen LogP contribution in [0.4, 0.5) is 11.4 Å². The molecule has 2 amide bonds. The molecular formula is C18H19BrClN3O3. The quantitative estimate of drug-likeness (QED) is 0.690. The van der Waals surface area contributed by atoms with Crippen LogP contribution in [0.2, 0.25) is 5.02 Å². The topological polar surface area (TPSA) is 70.7 Å². The van der Waals surface area contributed by atoms with E-state index < -0.39 is 0 Å². The molecule has 0 heterocycles. The van der Waals surface area contributed by atoms with Gasteiger partial charge in [0.25, 0.3) is 0 Å². The van der Waals surface area contributed by atoms with Crippen molar-refractivity contribution in [3.8, 4) is 5.75 Å². The van der Waals surface area contributed by atoms with E-state index in [1.807, 2.05) is 18.2 Å². The maximum atomic E-state index is 12.2. The first kappa shape index (κ1) is 20.2. The number of nitrogens with one attached hydrogen (secondary N) is 2. The fourth-order valence-electron chi connectivity index (χ4n) is 2.27. The minimum atomic E-state index is -0.276. The van der Waals surface area contributed by atoms with Crippen molar-refractivity contribution in [1.29, 1.82) is 0 Å². The number of benzene rings is 2. The summed E-state index contributed by atoms with van der Waals surface area (Å²) in [5.74, 6) is 0.0198. The molecule has 0 aliphatic carbocycles. The Kier molecular flexibility index (Phi) is 7.44. The van der Waals surface area contributed by atoms with Crippen LogP contribution in [0.1, 0.15) is 0 Å². The molecule has 0 saturated carbocycles. The van der Waals surface area contributed by atoms with E-state index in [1.165, 1.54) is 7.11 Å². The SMILES string of the molecule is COc1ccc(Cl)cc1NC(=O)CN(C)CC(=O)Nc1ccccc1Br. The Labute approximate surface area is 165 Å². The molecule has 2 rings (SSSR count). The van der Waals surface area contributed by atoms with Gasteiger partial charge in [-0.2, -0.15) is 0 Å². The zero-order chi connectivity index (χ0) is 19.1. The molecule has 138 valence electrons. The number of amides is 2. The number of likely N-dealkylation sites (N-methyl/N-ethyl adjacent to an activating group) is 1. The monoisotopic (exact) mass is 439 g/mol. The van der Waals surface area contributed by atoms with E-state index in [9.17, 15) is 9.59 Å². The highest BCUT2D eigenvalue weighted by atomic mass is 79.9. The van der Waals surface area contributed by atoms with E-state index >= 15 is 0 Å². The molecule has 2 aromatic rings. The Morgan fingerprint density at radius 3 is 2.31 bits per heavy atom. The Morgan fingerprint density at radius 2 is 1.69 bits per heavy atom. The van der Waals surface area contributed by atoms with Gasteiger partial charge in [-0.25, -0.2) is 0 Å². The fourth-order valence-corrected chi connectivity index (χ4v) is 2.82. The first-order valence-electron chi connectivity index (χ1n) is 7.75. The number of hydrogen-bond acceptors (Lipinski definition) is 4. The van der Waals surface area contributed by atoms with Gasteiger partial charge in [-0.05, 0) is 53.3 Å². The molecule has 8 heteroatoms. The molecule has 0 unspecified atom stereocenters. The number of nitrogens with zero attached hydrogens (tertiary/aromatic N) is 1. The van der Waals surface area contributed by atoms with Crippen molar-refractivity contribution >= 4 is 50.7 Å². The van der Waals surface area contributed by atoms with Crippen molar-refractivity contribution in [2.24, 2.45) is 0 Å². The number of halogens is 2. The van der Waals surface area contributed by atoms with Crippen molar-refractivity contribution in [3.63, 3.8) is 0 Å². The molecule has 0 radical (unpaired) electrons. The highest BCUT2D eigenvalue weighted by molar-refractivity contribution is 9.10. The third kappa shape index (κ3) is 6.01. The summed E-state index contributed by atoms with van der Waals surface area (Å²) in [5.41, 5.74) is 1.16. The Morgan fingerprint density at radius 1 is 1.08 bits per heavy atom. The van der Waals surface area contributed by atoms with Crippen molar-refractivity contribution in [2.75, 3.05) is 37.9 Å². The molecule has 0 saturated heterocycles. The molecule has 0 atom stereocenters. The summed E-state index contributed by atoms with van der Waals surface area (Å²) in [4.78, 5) is 25.9. The Balaban J connectivity index is 1.88. The summed E-state index contributed by atoms with van der Waals surface area (Å²) in [6.07, 6.45) is 0. The molecule has 26 heavy (non-hydrogen) atoms. The van der Waals surface area contributed by atoms with Crippen LogP contribution in [0, 0.1) is 0 Å². The normalized spacial score (nSPS) is 10.5. The van der Waals surface area contributed by atoms with E-state index in [-0.39, 0.29) is 24.9 Å². The summed E-state index contributed by atoms with van der Waals surface area (Å²) in [7, 11) is 3.20. The zero-order valence-corrected chi connectivity index (χ0v) is 16.7. The molecule has 2 N–H and O–H groups in total. The van der Waals surface area contributed by atoms with Crippen molar-refractivity contribution in [2.45, 2.75) is 0 Å². The van der Waals surface area contributed by atoms with Gasteiger partial charge >= 0.3 is 0 Å².